The summed E-state index contributed by atoms with van der Waals surface area (Å²) < 4.78 is 35.9. The van der Waals surface area contributed by atoms with Crippen molar-refractivity contribution >= 4 is 33.3 Å². The molecule has 0 aliphatic carbocycles. The third-order valence-electron chi connectivity index (χ3n) is 4.41. The Bertz CT molecular complexity index is 1020. The molecule has 0 unspecified atom stereocenters. The van der Waals surface area contributed by atoms with Crippen LogP contribution in [-0.4, -0.2) is 46.3 Å². The van der Waals surface area contributed by atoms with Crippen molar-refractivity contribution in [3.63, 3.8) is 0 Å². The fourth-order valence-electron chi connectivity index (χ4n) is 2.92. The molecular formula is C21H26N2O6S. The molecule has 0 aliphatic heterocycles. The van der Waals surface area contributed by atoms with Crippen molar-refractivity contribution in [2.75, 3.05) is 29.6 Å². The zero-order valence-electron chi connectivity index (χ0n) is 17.6. The molecule has 0 saturated heterocycles. The fourth-order valence-corrected chi connectivity index (χ4v) is 4.10. The summed E-state index contributed by atoms with van der Waals surface area (Å²) in [5, 5.41) is 2.73. The number of sulfonamides is 1. The second kappa shape index (κ2) is 9.62. The van der Waals surface area contributed by atoms with Crippen LogP contribution in [0.15, 0.2) is 42.5 Å². The van der Waals surface area contributed by atoms with Crippen LogP contribution < -0.4 is 14.4 Å². The van der Waals surface area contributed by atoms with Crippen molar-refractivity contribution in [2.45, 2.75) is 26.8 Å². The highest BCUT2D eigenvalue weighted by molar-refractivity contribution is 7.92. The number of hydrogen-bond donors (Lipinski definition) is 1. The van der Waals surface area contributed by atoms with Gasteiger partial charge in [-0.3, -0.25) is 9.10 Å². The summed E-state index contributed by atoms with van der Waals surface area (Å²) in [7, 11) is -2.23. The molecule has 0 spiro atoms. The highest BCUT2D eigenvalue weighted by Gasteiger charge is 2.29. The molecule has 0 aromatic heterocycles. The third-order valence-corrected chi connectivity index (χ3v) is 5.65. The number of rotatable bonds is 8. The number of nitrogens with zero attached hydrogens (tertiary/aromatic N) is 1. The van der Waals surface area contributed by atoms with Crippen molar-refractivity contribution in [3.8, 4) is 5.75 Å². The smallest absolute Gasteiger partial charge is 0.338 e. The fraction of sp³-hybridized carbons (Fsp3) is 0.333. The molecule has 0 radical (unpaired) electrons. The van der Waals surface area contributed by atoms with E-state index in [4.69, 9.17) is 9.47 Å². The van der Waals surface area contributed by atoms with Gasteiger partial charge in [0, 0.05) is 5.69 Å². The maximum atomic E-state index is 12.8. The van der Waals surface area contributed by atoms with Crippen LogP contribution in [0.4, 0.5) is 11.4 Å². The average Bonchev–Trinajstić information content (AvgIpc) is 2.69. The van der Waals surface area contributed by atoms with Gasteiger partial charge in [0.05, 0.1) is 31.2 Å². The molecule has 1 N–H and O–H groups in total. The number of amides is 1. The molecule has 2 aromatic carbocycles. The molecule has 30 heavy (non-hydrogen) atoms. The van der Waals surface area contributed by atoms with E-state index >= 15 is 0 Å². The number of ether oxygens (including phenoxy) is 2. The van der Waals surface area contributed by atoms with Crippen LogP contribution in [0.25, 0.3) is 0 Å². The molecule has 8 nitrogen and oxygen atoms in total. The Kier molecular flexibility index (Phi) is 7.44. The zero-order valence-corrected chi connectivity index (χ0v) is 18.4. The van der Waals surface area contributed by atoms with Gasteiger partial charge >= 0.3 is 5.97 Å². The molecular weight excluding hydrogens is 408 g/mol. The molecule has 0 aliphatic rings. The Hall–Kier alpha value is -3.07. The van der Waals surface area contributed by atoms with Gasteiger partial charge < -0.3 is 14.8 Å². The molecule has 0 bridgehead atoms. The maximum Gasteiger partial charge on any atom is 0.338 e. The number of anilines is 2. The van der Waals surface area contributed by atoms with Gasteiger partial charge in [-0.1, -0.05) is 0 Å². The molecule has 1 amide bonds. The number of nitrogens with one attached hydrogen (secondary N) is 1. The van der Waals surface area contributed by atoms with Gasteiger partial charge in [-0.2, -0.15) is 0 Å². The van der Waals surface area contributed by atoms with Gasteiger partial charge in [-0.15, -0.1) is 0 Å². The van der Waals surface area contributed by atoms with Gasteiger partial charge in [0.2, 0.25) is 15.9 Å². The predicted octanol–water partition coefficient (Wildman–Crippen LogP) is 2.97. The van der Waals surface area contributed by atoms with Crippen LogP contribution in [0, 0.1) is 6.92 Å². The number of hydrogen-bond acceptors (Lipinski definition) is 6. The highest BCUT2D eigenvalue weighted by Crippen LogP contribution is 2.25. The Morgan fingerprint density at radius 2 is 1.77 bits per heavy atom. The first-order valence-electron chi connectivity index (χ1n) is 9.30. The van der Waals surface area contributed by atoms with Gasteiger partial charge in [-0.25, -0.2) is 13.2 Å². The molecule has 2 rings (SSSR count). The maximum absolute atomic E-state index is 12.8. The summed E-state index contributed by atoms with van der Waals surface area (Å²) in [6, 6.07) is 10.1. The third kappa shape index (κ3) is 5.50. The van der Waals surface area contributed by atoms with E-state index in [0.717, 1.165) is 10.6 Å². The summed E-state index contributed by atoms with van der Waals surface area (Å²) in [5.74, 6) is -0.389. The Morgan fingerprint density at radius 3 is 2.27 bits per heavy atom. The lowest BCUT2D eigenvalue weighted by molar-refractivity contribution is -0.116. The first kappa shape index (κ1) is 23.2. The first-order chi connectivity index (χ1) is 14.1. The van der Waals surface area contributed by atoms with E-state index in [-0.39, 0.29) is 6.61 Å². The molecule has 1 atom stereocenters. The lowest BCUT2D eigenvalue weighted by atomic mass is 10.1. The van der Waals surface area contributed by atoms with E-state index in [1.165, 1.54) is 14.0 Å². The summed E-state index contributed by atoms with van der Waals surface area (Å²) in [4.78, 5) is 24.7. The van der Waals surface area contributed by atoms with Crippen LogP contribution in [0.1, 0.15) is 29.8 Å². The number of esters is 1. The summed E-state index contributed by atoms with van der Waals surface area (Å²) >= 11 is 0. The van der Waals surface area contributed by atoms with Crippen molar-refractivity contribution in [1.82, 2.24) is 0 Å². The Balaban J connectivity index is 2.26. The minimum absolute atomic E-state index is 0.264. The molecule has 0 fully saturated rings. The lowest BCUT2D eigenvalue weighted by Crippen LogP contribution is -2.45. The monoisotopic (exact) mass is 434 g/mol. The largest absolute Gasteiger partial charge is 0.497 e. The molecule has 0 saturated carbocycles. The van der Waals surface area contributed by atoms with Crippen LogP contribution in [0.3, 0.4) is 0 Å². The molecule has 2 aromatic rings. The molecule has 162 valence electrons. The summed E-state index contributed by atoms with van der Waals surface area (Å²) in [6.45, 7) is 5.22. The normalized spacial score (nSPS) is 12.0. The van der Waals surface area contributed by atoms with Crippen molar-refractivity contribution in [2.24, 2.45) is 0 Å². The second-order valence-electron chi connectivity index (χ2n) is 6.67. The topological polar surface area (TPSA) is 102 Å². The minimum Gasteiger partial charge on any atom is -0.497 e. The SMILES string of the molecule is CCOC(=O)c1ccc(NC(=O)[C@H](C)N(c2ccc(OC)cc2)S(C)(=O)=O)c(C)c1. The van der Waals surface area contributed by atoms with Crippen LogP contribution in [0.2, 0.25) is 0 Å². The number of methoxy groups -OCH3 is 1. The average molecular weight is 435 g/mol. The van der Waals surface area contributed by atoms with Crippen molar-refractivity contribution in [1.29, 1.82) is 0 Å². The van der Waals surface area contributed by atoms with E-state index in [2.05, 4.69) is 5.32 Å². The quantitative estimate of drug-likeness (QED) is 0.641. The van der Waals surface area contributed by atoms with Crippen LogP contribution in [0.5, 0.6) is 5.75 Å². The van der Waals surface area contributed by atoms with E-state index in [1.54, 1.807) is 56.3 Å². The molecule has 0 heterocycles. The molecule has 9 heteroatoms. The Labute approximate surface area is 176 Å². The lowest BCUT2D eigenvalue weighted by Gasteiger charge is -2.28. The van der Waals surface area contributed by atoms with E-state index < -0.39 is 27.9 Å². The Morgan fingerprint density at radius 1 is 1.13 bits per heavy atom. The van der Waals surface area contributed by atoms with E-state index in [0.29, 0.717) is 28.3 Å². The number of benzene rings is 2. The summed E-state index contributed by atoms with van der Waals surface area (Å²) in [5.41, 5.74) is 1.84. The predicted molar refractivity (Wildman–Crippen MR) is 116 cm³/mol. The van der Waals surface area contributed by atoms with E-state index in [1.807, 2.05) is 0 Å². The van der Waals surface area contributed by atoms with Crippen molar-refractivity contribution < 1.29 is 27.5 Å². The van der Waals surface area contributed by atoms with Crippen molar-refractivity contribution in [3.05, 3.63) is 53.6 Å². The van der Waals surface area contributed by atoms with Gasteiger partial charge in [-0.05, 0) is 68.8 Å². The van der Waals surface area contributed by atoms with Crippen LogP contribution in [-0.2, 0) is 19.6 Å². The first-order valence-corrected chi connectivity index (χ1v) is 11.2. The number of carbonyl (C=O) groups is 2. The standard InChI is InChI=1S/C21H26N2O6S/c1-6-29-21(25)16-7-12-19(14(2)13-16)22-20(24)15(3)23(30(5,26)27)17-8-10-18(28-4)11-9-17/h7-13,15H,6H2,1-5H3,(H,22,24)/t15-/m0/s1. The number of aryl methyl sites for hydroxylation is 1. The van der Waals surface area contributed by atoms with Gasteiger partial charge in [0.25, 0.3) is 0 Å². The van der Waals surface area contributed by atoms with Gasteiger partial charge in [0.1, 0.15) is 11.8 Å². The number of carbonyl (C=O) groups excluding carboxylic acids is 2. The summed E-state index contributed by atoms with van der Waals surface area (Å²) in [6.07, 6.45) is 1.04. The van der Waals surface area contributed by atoms with E-state index in [9.17, 15) is 18.0 Å². The highest BCUT2D eigenvalue weighted by atomic mass is 32.2. The second-order valence-corrected chi connectivity index (χ2v) is 8.53. The van der Waals surface area contributed by atoms with Gasteiger partial charge in [0.15, 0.2) is 0 Å². The minimum atomic E-state index is -3.74. The zero-order chi connectivity index (χ0) is 22.5. The van der Waals surface area contributed by atoms with Crippen LogP contribution >= 0.6 is 0 Å².